The molecule has 52 valence electrons. The van der Waals surface area contributed by atoms with Crippen molar-refractivity contribution in [2.45, 2.75) is 0 Å². The number of nitrogens with one attached hydrogen (secondary N) is 1. The maximum atomic E-state index is 10.1. The fraction of sp³-hybridized carbons (Fsp3) is 0.500. The van der Waals surface area contributed by atoms with Crippen LogP contribution in [0.3, 0.4) is 0 Å². The van der Waals surface area contributed by atoms with E-state index < -0.39 is 18.6 Å². The Hall–Kier alpha value is -1.10. The molecule has 0 aromatic carbocycles. The lowest BCUT2D eigenvalue weighted by atomic mass is 10.7. The number of alkyl carbamates (subject to hydrolysis) is 1. The second-order valence-electron chi connectivity index (χ2n) is 1.20. The molecule has 0 aliphatic carbocycles. The molecule has 0 aliphatic heterocycles. The fourth-order valence-corrected chi connectivity index (χ4v) is 0.204. The van der Waals surface area contributed by atoms with E-state index in [1.807, 2.05) is 0 Å². The second kappa shape index (κ2) is 3.85. The molecule has 0 aliphatic rings. The van der Waals surface area contributed by atoms with Crippen molar-refractivity contribution in [1.29, 1.82) is 0 Å². The summed E-state index contributed by atoms with van der Waals surface area (Å²) in [5.41, 5.74) is 0. The molecule has 0 saturated carbocycles. The molecule has 9 heavy (non-hydrogen) atoms. The molecule has 0 radical (unpaired) electrons. The van der Waals surface area contributed by atoms with E-state index in [-0.39, 0.29) is 0 Å². The maximum absolute atomic E-state index is 10.1. The van der Waals surface area contributed by atoms with Crippen molar-refractivity contribution < 1.29 is 19.4 Å². The van der Waals surface area contributed by atoms with Gasteiger partial charge in [0.05, 0.1) is 7.11 Å². The monoisotopic (exact) mass is 133 g/mol. The van der Waals surface area contributed by atoms with Crippen LogP contribution in [0.25, 0.3) is 0 Å². The summed E-state index contributed by atoms with van der Waals surface area (Å²) in [6.07, 6.45) is -0.867. The van der Waals surface area contributed by atoms with Gasteiger partial charge < -0.3 is 9.84 Å². The molecule has 0 spiro atoms. The molecule has 0 rings (SSSR count). The quantitative estimate of drug-likeness (QED) is 0.474. The number of aliphatic hydroxyl groups excluding tert-OH is 1. The van der Waals surface area contributed by atoms with Crippen molar-refractivity contribution in [2.75, 3.05) is 13.7 Å². The molecule has 0 saturated heterocycles. The van der Waals surface area contributed by atoms with Crippen LogP contribution in [0.1, 0.15) is 0 Å². The number of aliphatic hydroxyl groups is 1. The van der Waals surface area contributed by atoms with Gasteiger partial charge in [0.1, 0.15) is 6.61 Å². The Bertz CT molecular complexity index is 108. The minimum absolute atomic E-state index is 0.713. The Kier molecular flexibility index (Phi) is 3.38. The highest BCUT2D eigenvalue weighted by Crippen LogP contribution is 1.69. The zero-order valence-corrected chi connectivity index (χ0v) is 4.88. The third-order valence-corrected chi connectivity index (χ3v) is 0.570. The Morgan fingerprint density at radius 1 is 1.67 bits per heavy atom. The fourth-order valence-electron chi connectivity index (χ4n) is 0.204. The molecule has 5 nitrogen and oxygen atoms in total. The number of carbonyl (C=O) groups excluding carboxylic acids is 2. The molecule has 0 aromatic heterocycles. The van der Waals surface area contributed by atoms with Gasteiger partial charge in [-0.25, -0.2) is 4.79 Å². The summed E-state index contributed by atoms with van der Waals surface area (Å²) < 4.78 is 4.04. The van der Waals surface area contributed by atoms with Crippen LogP contribution in [-0.4, -0.2) is 30.8 Å². The first-order chi connectivity index (χ1) is 4.20. The van der Waals surface area contributed by atoms with E-state index in [4.69, 9.17) is 5.11 Å². The van der Waals surface area contributed by atoms with Gasteiger partial charge in [-0.3, -0.25) is 10.1 Å². The Balaban J connectivity index is 3.47. The molecule has 5 heteroatoms. The highest BCUT2D eigenvalue weighted by Gasteiger charge is 2.03. The van der Waals surface area contributed by atoms with Crippen LogP contribution < -0.4 is 5.32 Å². The van der Waals surface area contributed by atoms with Gasteiger partial charge in [-0.15, -0.1) is 0 Å². The van der Waals surface area contributed by atoms with Crippen LogP contribution in [-0.2, 0) is 9.53 Å². The predicted octanol–water partition coefficient (Wildman–Crippen LogP) is -1.14. The summed E-state index contributed by atoms with van der Waals surface area (Å²) in [4.78, 5) is 20.2. The molecular weight excluding hydrogens is 126 g/mol. The molecule has 0 unspecified atom stereocenters. The summed E-state index contributed by atoms with van der Waals surface area (Å²) in [6.45, 7) is -0.713. The predicted molar refractivity (Wildman–Crippen MR) is 27.6 cm³/mol. The first-order valence-electron chi connectivity index (χ1n) is 2.19. The van der Waals surface area contributed by atoms with Crippen molar-refractivity contribution in [3.8, 4) is 0 Å². The lowest BCUT2D eigenvalue weighted by Gasteiger charge is -1.96. The number of carbonyl (C=O) groups is 2. The Labute approximate surface area is 51.6 Å². The summed E-state index contributed by atoms with van der Waals surface area (Å²) in [5.74, 6) is -0.776. The topological polar surface area (TPSA) is 75.6 Å². The van der Waals surface area contributed by atoms with Crippen molar-refractivity contribution in [2.24, 2.45) is 0 Å². The lowest BCUT2D eigenvalue weighted by molar-refractivity contribution is -0.123. The Morgan fingerprint density at radius 2 is 2.22 bits per heavy atom. The summed E-state index contributed by atoms with van der Waals surface area (Å²) in [7, 11) is 1.12. The number of rotatable bonds is 1. The lowest BCUT2D eigenvalue weighted by Crippen LogP contribution is -2.32. The average molecular weight is 133 g/mol. The molecule has 2 N–H and O–H groups in total. The highest BCUT2D eigenvalue weighted by atomic mass is 16.5. The molecule has 2 amide bonds. The zero-order chi connectivity index (χ0) is 7.28. The van der Waals surface area contributed by atoms with Gasteiger partial charge >= 0.3 is 6.09 Å². The van der Waals surface area contributed by atoms with Crippen LogP contribution in [0.4, 0.5) is 4.79 Å². The first kappa shape index (κ1) is 7.90. The van der Waals surface area contributed by atoms with Gasteiger partial charge in [-0.2, -0.15) is 0 Å². The van der Waals surface area contributed by atoms with Crippen LogP contribution >= 0.6 is 0 Å². The van der Waals surface area contributed by atoms with Crippen LogP contribution in [0.5, 0.6) is 0 Å². The van der Waals surface area contributed by atoms with Gasteiger partial charge in [0.15, 0.2) is 0 Å². The van der Waals surface area contributed by atoms with E-state index in [1.54, 1.807) is 5.32 Å². The smallest absolute Gasteiger partial charge is 0.413 e. The van der Waals surface area contributed by atoms with Crippen molar-refractivity contribution in [1.82, 2.24) is 5.32 Å². The number of ether oxygens (including phenoxy) is 1. The molecule has 0 atom stereocenters. The van der Waals surface area contributed by atoms with Gasteiger partial charge in [0.25, 0.3) is 5.91 Å². The van der Waals surface area contributed by atoms with E-state index in [1.165, 1.54) is 0 Å². The second-order valence-corrected chi connectivity index (χ2v) is 1.20. The van der Waals surface area contributed by atoms with Gasteiger partial charge in [-0.05, 0) is 0 Å². The van der Waals surface area contributed by atoms with Gasteiger partial charge in [-0.1, -0.05) is 0 Å². The van der Waals surface area contributed by atoms with E-state index in [2.05, 4.69) is 4.74 Å². The number of imide groups is 1. The minimum atomic E-state index is -0.867. The van der Waals surface area contributed by atoms with E-state index in [0.717, 1.165) is 7.11 Å². The standard InChI is InChI=1S/C4H7NO4/c1-9-4(8)5-3(7)2-6/h6H,2H2,1H3,(H,5,7,8). The molecular formula is C4H7NO4. The highest BCUT2D eigenvalue weighted by molar-refractivity contribution is 5.92. The van der Waals surface area contributed by atoms with E-state index >= 15 is 0 Å². The maximum Gasteiger partial charge on any atom is 0.413 e. The summed E-state index contributed by atoms with van der Waals surface area (Å²) >= 11 is 0. The largest absolute Gasteiger partial charge is 0.453 e. The number of methoxy groups -OCH3 is 1. The molecule has 0 heterocycles. The minimum Gasteiger partial charge on any atom is -0.453 e. The summed E-state index contributed by atoms with van der Waals surface area (Å²) in [5, 5.41) is 9.79. The molecule has 0 fully saturated rings. The summed E-state index contributed by atoms with van der Waals surface area (Å²) in [6, 6.07) is 0. The third-order valence-electron chi connectivity index (χ3n) is 0.570. The van der Waals surface area contributed by atoms with Gasteiger partial charge in [0.2, 0.25) is 0 Å². The van der Waals surface area contributed by atoms with Crippen molar-refractivity contribution >= 4 is 12.0 Å². The third kappa shape index (κ3) is 3.48. The molecule has 0 bridgehead atoms. The average Bonchev–Trinajstić information content (AvgIpc) is 1.87. The van der Waals surface area contributed by atoms with E-state index in [9.17, 15) is 9.59 Å². The number of amides is 2. The Morgan fingerprint density at radius 3 is 2.56 bits per heavy atom. The normalized spacial score (nSPS) is 8.22. The van der Waals surface area contributed by atoms with Crippen LogP contribution in [0, 0.1) is 0 Å². The van der Waals surface area contributed by atoms with Crippen LogP contribution in [0.2, 0.25) is 0 Å². The van der Waals surface area contributed by atoms with Gasteiger partial charge in [0, 0.05) is 0 Å². The van der Waals surface area contributed by atoms with Crippen molar-refractivity contribution in [3.05, 3.63) is 0 Å². The zero-order valence-electron chi connectivity index (χ0n) is 4.88. The molecule has 0 aromatic rings. The first-order valence-corrected chi connectivity index (χ1v) is 2.19. The van der Waals surface area contributed by atoms with Crippen LogP contribution in [0.15, 0.2) is 0 Å². The van der Waals surface area contributed by atoms with E-state index in [0.29, 0.717) is 0 Å². The van der Waals surface area contributed by atoms with Crippen molar-refractivity contribution in [3.63, 3.8) is 0 Å². The SMILES string of the molecule is COC(=O)NC(=O)CO. The number of hydrogen-bond acceptors (Lipinski definition) is 4. The number of hydrogen-bond donors (Lipinski definition) is 2.